The summed E-state index contributed by atoms with van der Waals surface area (Å²) in [6, 6.07) is 9.47. The monoisotopic (exact) mass is 383 g/mol. The van der Waals surface area contributed by atoms with E-state index in [1.165, 1.54) is 23.1 Å². The summed E-state index contributed by atoms with van der Waals surface area (Å²) in [5.41, 5.74) is 0. The molecule has 25 heavy (non-hydrogen) atoms. The van der Waals surface area contributed by atoms with Gasteiger partial charge in [-0.2, -0.15) is 0 Å². The Morgan fingerprint density at radius 2 is 1.96 bits per heavy atom. The van der Waals surface area contributed by atoms with E-state index >= 15 is 0 Å². The maximum atomic E-state index is 13.7. The molecule has 1 heterocycles. The van der Waals surface area contributed by atoms with Gasteiger partial charge in [0.05, 0.1) is 12.3 Å². The fraction of sp³-hybridized carbons (Fsp3) is 0.353. The molecule has 0 atom stereocenters. The third-order valence-electron chi connectivity index (χ3n) is 3.37. The zero-order chi connectivity index (χ0) is 18.3. The van der Waals surface area contributed by atoms with Crippen LogP contribution in [-0.4, -0.2) is 33.2 Å². The van der Waals surface area contributed by atoms with Gasteiger partial charge in [-0.3, -0.25) is 0 Å². The molecule has 0 unspecified atom stereocenters. The van der Waals surface area contributed by atoms with E-state index < -0.39 is 15.7 Å². The van der Waals surface area contributed by atoms with Crippen LogP contribution < -0.4 is 10.6 Å². The molecule has 136 valence electrons. The van der Waals surface area contributed by atoms with Crippen molar-refractivity contribution in [1.82, 2.24) is 10.6 Å². The van der Waals surface area contributed by atoms with Crippen LogP contribution in [0.15, 0.2) is 46.3 Å². The maximum Gasteiger partial charge on any atom is 0.191 e. The summed E-state index contributed by atoms with van der Waals surface area (Å²) in [7, 11) is -3.68. The number of guanidine groups is 1. The van der Waals surface area contributed by atoms with Crippen molar-refractivity contribution in [3.05, 3.63) is 52.0 Å². The van der Waals surface area contributed by atoms with Crippen LogP contribution in [0, 0.1) is 12.7 Å². The fourth-order valence-corrected chi connectivity index (χ4v) is 4.24. The molecule has 1 aromatic carbocycles. The van der Waals surface area contributed by atoms with Crippen molar-refractivity contribution in [1.29, 1.82) is 0 Å². The van der Waals surface area contributed by atoms with Gasteiger partial charge in [0.1, 0.15) is 10.7 Å². The lowest BCUT2D eigenvalue weighted by Gasteiger charge is -2.11. The van der Waals surface area contributed by atoms with Gasteiger partial charge in [-0.25, -0.2) is 17.8 Å². The molecule has 5 nitrogen and oxygen atoms in total. The number of benzene rings is 1. The number of aryl methyl sites for hydroxylation is 1. The van der Waals surface area contributed by atoms with Gasteiger partial charge in [0, 0.05) is 22.8 Å². The number of rotatable bonds is 7. The number of sulfone groups is 1. The van der Waals surface area contributed by atoms with Crippen molar-refractivity contribution in [3.8, 4) is 0 Å². The third kappa shape index (κ3) is 5.82. The van der Waals surface area contributed by atoms with Crippen LogP contribution in [0.4, 0.5) is 4.39 Å². The maximum absolute atomic E-state index is 13.7. The topological polar surface area (TPSA) is 70.6 Å². The number of nitrogens with one attached hydrogen (secondary N) is 2. The van der Waals surface area contributed by atoms with E-state index in [0.717, 1.165) is 10.9 Å². The van der Waals surface area contributed by atoms with Crippen molar-refractivity contribution < 1.29 is 12.8 Å². The van der Waals surface area contributed by atoms with Crippen LogP contribution in [-0.2, 0) is 16.4 Å². The van der Waals surface area contributed by atoms with E-state index in [9.17, 15) is 12.8 Å². The van der Waals surface area contributed by atoms with Gasteiger partial charge in [0.25, 0.3) is 0 Å². The van der Waals surface area contributed by atoms with Crippen LogP contribution in [0.2, 0.25) is 0 Å². The molecule has 0 saturated carbocycles. The first-order chi connectivity index (χ1) is 11.9. The molecule has 0 saturated heterocycles. The fourth-order valence-electron chi connectivity index (χ4n) is 2.18. The summed E-state index contributed by atoms with van der Waals surface area (Å²) < 4.78 is 38.1. The van der Waals surface area contributed by atoms with E-state index in [1.807, 2.05) is 26.0 Å². The first kappa shape index (κ1) is 19.4. The highest BCUT2D eigenvalue weighted by Gasteiger charge is 2.18. The number of halogens is 1. The van der Waals surface area contributed by atoms with E-state index in [4.69, 9.17) is 0 Å². The van der Waals surface area contributed by atoms with Crippen LogP contribution >= 0.6 is 11.3 Å². The summed E-state index contributed by atoms with van der Waals surface area (Å²) in [5, 5.41) is 6.06. The molecule has 0 spiro atoms. The van der Waals surface area contributed by atoms with Crippen molar-refractivity contribution in [2.45, 2.75) is 25.3 Å². The Kier molecular flexibility index (Phi) is 6.95. The molecule has 0 fully saturated rings. The molecule has 0 aliphatic rings. The largest absolute Gasteiger partial charge is 0.357 e. The zero-order valence-corrected chi connectivity index (χ0v) is 15.9. The second-order valence-corrected chi connectivity index (χ2v) is 8.83. The molecular formula is C17H22FN3O2S2. The molecule has 0 aliphatic heterocycles. The van der Waals surface area contributed by atoms with Crippen LogP contribution in [0.25, 0.3) is 0 Å². The second kappa shape index (κ2) is 8.96. The van der Waals surface area contributed by atoms with Gasteiger partial charge in [0.2, 0.25) is 0 Å². The van der Waals surface area contributed by atoms with Crippen LogP contribution in [0.5, 0.6) is 0 Å². The smallest absolute Gasteiger partial charge is 0.191 e. The molecule has 2 rings (SSSR count). The summed E-state index contributed by atoms with van der Waals surface area (Å²) >= 11 is 1.67. The predicted molar refractivity (Wildman–Crippen MR) is 100 cm³/mol. The van der Waals surface area contributed by atoms with Crippen molar-refractivity contribution >= 4 is 27.1 Å². The zero-order valence-electron chi connectivity index (χ0n) is 14.3. The predicted octanol–water partition coefficient (Wildman–Crippen LogP) is 2.72. The number of hydrogen-bond donors (Lipinski definition) is 2. The highest BCUT2D eigenvalue weighted by atomic mass is 32.2. The van der Waals surface area contributed by atoms with Crippen LogP contribution in [0.3, 0.4) is 0 Å². The number of hydrogen-bond acceptors (Lipinski definition) is 4. The normalized spacial score (nSPS) is 12.2. The first-order valence-electron chi connectivity index (χ1n) is 7.97. The van der Waals surface area contributed by atoms with Crippen molar-refractivity contribution in [2.24, 2.45) is 4.99 Å². The molecule has 8 heteroatoms. The Balaban J connectivity index is 1.95. The summed E-state index contributed by atoms with van der Waals surface area (Å²) in [4.78, 5) is 6.53. The summed E-state index contributed by atoms with van der Waals surface area (Å²) in [5.74, 6) is -0.398. The Morgan fingerprint density at radius 1 is 1.20 bits per heavy atom. The Hall–Kier alpha value is -1.93. The van der Waals surface area contributed by atoms with Crippen molar-refractivity contribution in [3.63, 3.8) is 0 Å². The number of nitrogens with zero attached hydrogens (tertiary/aromatic N) is 1. The average molecular weight is 384 g/mol. The molecule has 0 aliphatic carbocycles. The molecule has 0 bridgehead atoms. The Morgan fingerprint density at radius 3 is 2.60 bits per heavy atom. The van der Waals surface area contributed by atoms with Gasteiger partial charge in [0.15, 0.2) is 15.8 Å². The minimum atomic E-state index is -3.68. The van der Waals surface area contributed by atoms with E-state index in [0.29, 0.717) is 19.0 Å². The van der Waals surface area contributed by atoms with E-state index in [-0.39, 0.29) is 17.2 Å². The molecule has 1 aromatic heterocycles. The highest BCUT2D eigenvalue weighted by Crippen LogP contribution is 2.16. The molecule has 0 radical (unpaired) electrons. The van der Waals surface area contributed by atoms with Crippen LogP contribution in [0.1, 0.15) is 16.7 Å². The summed E-state index contributed by atoms with van der Waals surface area (Å²) in [6.07, 6.45) is 0. The van der Waals surface area contributed by atoms with Gasteiger partial charge >= 0.3 is 0 Å². The lowest BCUT2D eigenvalue weighted by molar-refractivity contribution is 0.566. The third-order valence-corrected chi connectivity index (χ3v) is 6.10. The van der Waals surface area contributed by atoms with Gasteiger partial charge in [-0.1, -0.05) is 12.1 Å². The van der Waals surface area contributed by atoms with E-state index in [1.54, 1.807) is 11.3 Å². The number of thiophene rings is 1. The van der Waals surface area contributed by atoms with Gasteiger partial charge in [-0.15, -0.1) is 11.3 Å². The van der Waals surface area contributed by atoms with Gasteiger partial charge < -0.3 is 10.6 Å². The minimum Gasteiger partial charge on any atom is -0.357 e. The first-order valence-corrected chi connectivity index (χ1v) is 10.4. The number of aliphatic imine (C=N–C) groups is 1. The average Bonchev–Trinajstić information content (AvgIpc) is 2.98. The highest BCUT2D eigenvalue weighted by molar-refractivity contribution is 7.91. The summed E-state index contributed by atoms with van der Waals surface area (Å²) in [6.45, 7) is 5.30. The quantitative estimate of drug-likeness (QED) is 0.570. The Bertz CT molecular complexity index is 832. The lowest BCUT2D eigenvalue weighted by atomic mass is 10.3. The Labute approximate surface area is 151 Å². The standard InChI is InChI=1S/C17H22FN3O2S2/c1-3-19-17(21-12-14-9-8-13(2)24-14)20-10-11-25(22,23)16-7-5-4-6-15(16)18/h4-9H,3,10-12H2,1-2H3,(H2,19,20,21). The molecular weight excluding hydrogens is 361 g/mol. The molecule has 2 aromatic rings. The minimum absolute atomic E-state index is 0.145. The SMILES string of the molecule is CCNC(=NCc1ccc(C)s1)NCCS(=O)(=O)c1ccccc1F. The van der Waals surface area contributed by atoms with E-state index in [2.05, 4.69) is 15.6 Å². The molecule has 0 amide bonds. The van der Waals surface area contributed by atoms with Crippen molar-refractivity contribution in [2.75, 3.05) is 18.8 Å². The molecule has 2 N–H and O–H groups in total. The second-order valence-electron chi connectivity index (χ2n) is 5.38. The van der Waals surface area contributed by atoms with Gasteiger partial charge in [-0.05, 0) is 38.1 Å². The lowest BCUT2D eigenvalue weighted by Crippen LogP contribution is -2.39.